The number of nitrogens with one attached hydrogen (secondary N) is 1. The van der Waals surface area contributed by atoms with Gasteiger partial charge >= 0.3 is 0 Å². The van der Waals surface area contributed by atoms with Crippen molar-refractivity contribution in [3.05, 3.63) is 67.7 Å². The fourth-order valence-electron chi connectivity index (χ4n) is 2.21. The van der Waals surface area contributed by atoms with Crippen LogP contribution in [0.1, 0.15) is 22.7 Å². The first kappa shape index (κ1) is 14.8. The average molecular weight is 386 g/mol. The summed E-state index contributed by atoms with van der Waals surface area (Å²) in [5, 5.41) is 4.19. The van der Waals surface area contributed by atoms with Gasteiger partial charge in [-0.3, -0.25) is 0 Å². The van der Waals surface area contributed by atoms with E-state index in [1.807, 2.05) is 13.1 Å². The van der Waals surface area contributed by atoms with E-state index in [1.165, 1.54) is 20.3 Å². The highest BCUT2D eigenvalue weighted by Crippen LogP contribution is 2.27. The lowest BCUT2D eigenvalue weighted by Crippen LogP contribution is -2.20. The first-order chi connectivity index (χ1) is 9.11. The number of halogens is 2. The molecule has 3 heteroatoms. The minimum atomic E-state index is 0.284. The predicted molar refractivity (Wildman–Crippen MR) is 90.9 cm³/mol. The van der Waals surface area contributed by atoms with E-state index in [9.17, 15) is 0 Å². The lowest BCUT2D eigenvalue weighted by atomic mass is 9.96. The minimum absolute atomic E-state index is 0.284. The summed E-state index contributed by atoms with van der Waals surface area (Å²) in [5.41, 5.74) is 3.97. The molecule has 0 aliphatic rings. The lowest BCUT2D eigenvalue weighted by Gasteiger charge is -2.19. The van der Waals surface area contributed by atoms with Gasteiger partial charge in [-0.15, -0.1) is 0 Å². The van der Waals surface area contributed by atoms with Crippen LogP contribution >= 0.6 is 34.2 Å². The Labute approximate surface area is 133 Å². The van der Waals surface area contributed by atoms with Crippen LogP contribution in [0.5, 0.6) is 0 Å². The highest BCUT2D eigenvalue weighted by Gasteiger charge is 2.14. The number of hydrogen-bond acceptors (Lipinski definition) is 1. The maximum atomic E-state index is 6.12. The maximum Gasteiger partial charge on any atom is 0.0410 e. The molecule has 2 aromatic carbocycles. The van der Waals surface area contributed by atoms with Crippen LogP contribution in [-0.2, 0) is 6.42 Å². The van der Waals surface area contributed by atoms with Gasteiger partial charge in [0.15, 0.2) is 0 Å². The SMILES string of the molecule is CNC(Cc1ccccc1C)c1cc(Cl)ccc1I. The molecule has 0 saturated heterocycles. The number of hydrogen-bond donors (Lipinski definition) is 1. The molecule has 19 heavy (non-hydrogen) atoms. The van der Waals surface area contributed by atoms with Crippen LogP contribution in [0.4, 0.5) is 0 Å². The molecule has 0 aliphatic carbocycles. The molecule has 2 aromatic rings. The monoisotopic (exact) mass is 385 g/mol. The number of aryl methyl sites for hydroxylation is 1. The van der Waals surface area contributed by atoms with E-state index < -0.39 is 0 Å². The highest BCUT2D eigenvalue weighted by atomic mass is 127. The second-order valence-electron chi connectivity index (χ2n) is 4.64. The molecule has 1 atom stereocenters. The van der Waals surface area contributed by atoms with Gasteiger partial charge in [-0.05, 0) is 77.9 Å². The lowest BCUT2D eigenvalue weighted by molar-refractivity contribution is 0.588. The Balaban J connectivity index is 2.30. The van der Waals surface area contributed by atoms with Crippen molar-refractivity contribution in [2.75, 3.05) is 7.05 Å². The van der Waals surface area contributed by atoms with E-state index in [2.05, 4.69) is 71.2 Å². The van der Waals surface area contributed by atoms with E-state index in [-0.39, 0.29) is 6.04 Å². The van der Waals surface area contributed by atoms with Crippen molar-refractivity contribution in [2.24, 2.45) is 0 Å². The molecule has 2 rings (SSSR count). The average Bonchev–Trinajstić information content (AvgIpc) is 2.41. The number of rotatable bonds is 4. The van der Waals surface area contributed by atoms with Gasteiger partial charge in [0.1, 0.15) is 0 Å². The van der Waals surface area contributed by atoms with Crippen LogP contribution in [0.15, 0.2) is 42.5 Å². The van der Waals surface area contributed by atoms with Gasteiger partial charge in [0, 0.05) is 14.6 Å². The summed E-state index contributed by atoms with van der Waals surface area (Å²) in [6.45, 7) is 2.16. The van der Waals surface area contributed by atoms with Crippen molar-refractivity contribution >= 4 is 34.2 Å². The van der Waals surface area contributed by atoms with Crippen LogP contribution in [0.3, 0.4) is 0 Å². The zero-order chi connectivity index (χ0) is 13.8. The van der Waals surface area contributed by atoms with Crippen LogP contribution in [0.2, 0.25) is 5.02 Å². The number of benzene rings is 2. The largest absolute Gasteiger partial charge is 0.313 e. The standard InChI is InChI=1S/C16H17ClIN/c1-11-5-3-4-6-12(11)9-16(19-2)14-10-13(17)7-8-15(14)18/h3-8,10,16,19H,9H2,1-2H3. The second-order valence-corrected chi connectivity index (χ2v) is 6.24. The summed E-state index contributed by atoms with van der Waals surface area (Å²) in [5.74, 6) is 0. The van der Waals surface area contributed by atoms with Gasteiger partial charge in [-0.25, -0.2) is 0 Å². The van der Waals surface area contributed by atoms with Gasteiger partial charge in [-0.2, -0.15) is 0 Å². The molecule has 0 aromatic heterocycles. The molecule has 0 amide bonds. The topological polar surface area (TPSA) is 12.0 Å². The van der Waals surface area contributed by atoms with Crippen molar-refractivity contribution in [1.82, 2.24) is 5.32 Å². The van der Waals surface area contributed by atoms with Gasteiger partial charge in [-0.1, -0.05) is 35.9 Å². The molecule has 0 spiro atoms. The molecule has 1 N–H and O–H groups in total. The predicted octanol–water partition coefficient (Wildman–Crippen LogP) is 4.76. The summed E-state index contributed by atoms with van der Waals surface area (Å²) < 4.78 is 1.25. The fourth-order valence-corrected chi connectivity index (χ4v) is 3.10. The molecule has 0 heterocycles. The van der Waals surface area contributed by atoms with Crippen molar-refractivity contribution in [1.29, 1.82) is 0 Å². The second kappa shape index (κ2) is 6.73. The Hall–Kier alpha value is -0.580. The van der Waals surface area contributed by atoms with Crippen molar-refractivity contribution in [2.45, 2.75) is 19.4 Å². The van der Waals surface area contributed by atoms with Crippen LogP contribution < -0.4 is 5.32 Å². The van der Waals surface area contributed by atoms with Crippen molar-refractivity contribution < 1.29 is 0 Å². The first-order valence-electron chi connectivity index (χ1n) is 6.28. The van der Waals surface area contributed by atoms with E-state index in [1.54, 1.807) is 0 Å². The molecule has 0 aliphatic heterocycles. The van der Waals surface area contributed by atoms with Crippen LogP contribution in [0, 0.1) is 10.5 Å². The zero-order valence-electron chi connectivity index (χ0n) is 11.1. The normalized spacial score (nSPS) is 12.4. The van der Waals surface area contributed by atoms with E-state index in [0.29, 0.717) is 0 Å². The molecule has 0 saturated carbocycles. The molecule has 0 radical (unpaired) electrons. The Kier molecular flexibility index (Phi) is 5.25. The molecule has 0 fully saturated rings. The van der Waals surface area contributed by atoms with Gasteiger partial charge < -0.3 is 5.32 Å². The summed E-state index contributed by atoms with van der Waals surface area (Å²) in [7, 11) is 2.00. The molecular weight excluding hydrogens is 369 g/mol. The highest BCUT2D eigenvalue weighted by molar-refractivity contribution is 14.1. The van der Waals surface area contributed by atoms with Crippen LogP contribution in [0.25, 0.3) is 0 Å². The smallest absolute Gasteiger partial charge is 0.0410 e. The van der Waals surface area contributed by atoms with Crippen LogP contribution in [-0.4, -0.2) is 7.05 Å². The number of likely N-dealkylation sites (N-methyl/N-ethyl adjacent to an activating group) is 1. The summed E-state index contributed by atoms with van der Waals surface area (Å²) in [6, 6.07) is 14.9. The summed E-state index contributed by atoms with van der Waals surface area (Å²) >= 11 is 8.49. The van der Waals surface area contributed by atoms with Crippen molar-refractivity contribution in [3.8, 4) is 0 Å². The molecule has 1 unspecified atom stereocenters. The molecular formula is C16H17ClIN. The first-order valence-corrected chi connectivity index (χ1v) is 7.74. The van der Waals surface area contributed by atoms with E-state index >= 15 is 0 Å². The van der Waals surface area contributed by atoms with Gasteiger partial charge in [0.25, 0.3) is 0 Å². The van der Waals surface area contributed by atoms with E-state index in [0.717, 1.165) is 11.4 Å². The fraction of sp³-hybridized carbons (Fsp3) is 0.250. The molecule has 0 bridgehead atoms. The Morgan fingerprint density at radius 3 is 2.63 bits per heavy atom. The Morgan fingerprint density at radius 2 is 1.95 bits per heavy atom. The van der Waals surface area contributed by atoms with Gasteiger partial charge in [0.2, 0.25) is 0 Å². The molecule has 100 valence electrons. The Bertz CT molecular complexity index is 568. The Morgan fingerprint density at radius 1 is 1.21 bits per heavy atom. The zero-order valence-corrected chi connectivity index (χ0v) is 14.0. The minimum Gasteiger partial charge on any atom is -0.313 e. The maximum absolute atomic E-state index is 6.12. The summed E-state index contributed by atoms with van der Waals surface area (Å²) in [4.78, 5) is 0. The third kappa shape index (κ3) is 3.71. The third-order valence-electron chi connectivity index (χ3n) is 3.37. The molecule has 1 nitrogen and oxygen atoms in total. The van der Waals surface area contributed by atoms with Gasteiger partial charge in [0.05, 0.1) is 0 Å². The summed E-state index contributed by atoms with van der Waals surface area (Å²) in [6.07, 6.45) is 0.972. The van der Waals surface area contributed by atoms with Crippen molar-refractivity contribution in [3.63, 3.8) is 0 Å². The van der Waals surface area contributed by atoms with E-state index in [4.69, 9.17) is 11.6 Å². The third-order valence-corrected chi connectivity index (χ3v) is 4.58. The quantitative estimate of drug-likeness (QED) is 0.749.